The number of hydrogen-bond acceptors (Lipinski definition) is 4. The molecule has 0 aliphatic heterocycles. The fourth-order valence-corrected chi connectivity index (χ4v) is 3.34. The van der Waals surface area contributed by atoms with Gasteiger partial charge in [-0.15, -0.1) is 0 Å². The number of carbonyl (C=O) groups excluding carboxylic acids is 1. The second kappa shape index (κ2) is 9.08. The number of hydrogen-bond donors (Lipinski definition) is 0. The molecule has 32 heavy (non-hydrogen) atoms. The summed E-state index contributed by atoms with van der Waals surface area (Å²) in [4.78, 5) is 29.6. The summed E-state index contributed by atoms with van der Waals surface area (Å²) in [5.41, 5.74) is 2.39. The van der Waals surface area contributed by atoms with Crippen LogP contribution in [0.5, 0.6) is 0 Å². The average Bonchev–Trinajstić information content (AvgIpc) is 3.35. The van der Waals surface area contributed by atoms with Gasteiger partial charge in [-0.2, -0.15) is 0 Å². The smallest absolute Gasteiger partial charge is 0.297 e. The molecule has 4 aromatic rings. The summed E-state index contributed by atoms with van der Waals surface area (Å²) in [5.74, 6) is 0.284. The van der Waals surface area contributed by atoms with Crippen molar-refractivity contribution in [2.24, 2.45) is 12.0 Å². The highest BCUT2D eigenvalue weighted by atomic mass is 35.5. The third-order valence-corrected chi connectivity index (χ3v) is 5.26. The highest BCUT2D eigenvalue weighted by Crippen LogP contribution is 2.17. The van der Waals surface area contributed by atoms with E-state index < -0.39 is 0 Å². The van der Waals surface area contributed by atoms with Crippen LogP contribution < -0.4 is 5.56 Å². The number of benzene rings is 2. The van der Waals surface area contributed by atoms with Gasteiger partial charge in [0, 0.05) is 12.1 Å². The van der Waals surface area contributed by atoms with E-state index in [1.807, 2.05) is 49.4 Å². The highest BCUT2D eigenvalue weighted by Gasteiger charge is 2.15. The number of ketones is 1. The third kappa shape index (κ3) is 4.40. The van der Waals surface area contributed by atoms with E-state index in [9.17, 15) is 9.59 Å². The first-order valence-electron chi connectivity index (χ1n) is 9.90. The number of nitrogens with zero attached hydrogens (tertiary/aromatic N) is 3. The maximum Gasteiger partial charge on any atom is 0.297 e. The van der Waals surface area contributed by atoms with Crippen LogP contribution >= 0.6 is 11.6 Å². The van der Waals surface area contributed by atoms with Gasteiger partial charge in [0.1, 0.15) is 5.76 Å². The Labute approximate surface area is 189 Å². The number of allylic oxidation sites excluding steroid dienone is 1. The minimum absolute atomic E-state index is 0.183. The molecule has 0 N–H and O–H groups in total. The van der Waals surface area contributed by atoms with Crippen LogP contribution in [-0.4, -0.2) is 21.4 Å². The SMILES string of the molecule is Cc1c(N=Cc2ccc(C(=O)/C=C/c3ccc(Cl)cc3)o2)c(=O)n(-c2ccccc2)n1C. The zero-order chi connectivity index (χ0) is 22.7. The summed E-state index contributed by atoms with van der Waals surface area (Å²) in [6.07, 6.45) is 4.57. The van der Waals surface area contributed by atoms with Gasteiger partial charge in [-0.05, 0) is 55.0 Å². The first-order chi connectivity index (χ1) is 15.4. The van der Waals surface area contributed by atoms with Crippen molar-refractivity contribution < 1.29 is 9.21 Å². The van der Waals surface area contributed by atoms with E-state index in [-0.39, 0.29) is 17.1 Å². The molecule has 0 unspecified atom stereocenters. The Kier molecular flexibility index (Phi) is 6.05. The number of aromatic nitrogens is 2. The third-order valence-electron chi connectivity index (χ3n) is 5.01. The minimum atomic E-state index is -0.276. The summed E-state index contributed by atoms with van der Waals surface area (Å²) in [7, 11) is 1.80. The van der Waals surface area contributed by atoms with Crippen molar-refractivity contribution in [1.82, 2.24) is 9.36 Å². The van der Waals surface area contributed by atoms with E-state index >= 15 is 0 Å². The van der Waals surface area contributed by atoms with E-state index in [1.54, 1.807) is 46.8 Å². The molecule has 0 fully saturated rings. The Hall–Kier alpha value is -3.90. The van der Waals surface area contributed by atoms with Gasteiger partial charge in [-0.1, -0.05) is 48.0 Å². The van der Waals surface area contributed by atoms with Gasteiger partial charge in [0.2, 0.25) is 5.78 Å². The van der Waals surface area contributed by atoms with Crippen molar-refractivity contribution in [2.75, 3.05) is 0 Å². The number of halogens is 1. The number of para-hydroxylation sites is 1. The normalized spacial score (nSPS) is 11.6. The summed E-state index contributed by atoms with van der Waals surface area (Å²) in [6.45, 7) is 1.83. The van der Waals surface area contributed by atoms with E-state index in [0.717, 1.165) is 11.3 Å². The minimum Gasteiger partial charge on any atom is -0.452 e. The van der Waals surface area contributed by atoms with E-state index in [2.05, 4.69) is 4.99 Å². The molecule has 0 saturated heterocycles. The molecule has 0 aliphatic rings. The van der Waals surface area contributed by atoms with Gasteiger partial charge in [0.15, 0.2) is 11.4 Å². The van der Waals surface area contributed by atoms with Gasteiger partial charge in [-0.3, -0.25) is 14.3 Å². The molecule has 160 valence electrons. The standard InChI is InChI=1S/C25H20ClN3O3/c1-17-24(25(31)29(28(17)2)20-6-4-3-5-7-20)27-16-21-13-15-23(32-21)22(30)14-10-18-8-11-19(26)12-9-18/h3-16H,1-2H3/b14-10+,27-16?. The molecule has 6 nitrogen and oxygen atoms in total. The van der Waals surface area contributed by atoms with Crippen LogP contribution in [-0.2, 0) is 7.05 Å². The first-order valence-corrected chi connectivity index (χ1v) is 10.3. The topological polar surface area (TPSA) is 69.5 Å². The lowest BCUT2D eigenvalue weighted by atomic mass is 10.2. The van der Waals surface area contributed by atoms with E-state index in [0.29, 0.717) is 22.2 Å². The average molecular weight is 446 g/mol. The molecule has 2 aromatic carbocycles. The predicted octanol–water partition coefficient (Wildman–Crippen LogP) is 5.38. The van der Waals surface area contributed by atoms with Crippen molar-refractivity contribution in [3.8, 4) is 5.69 Å². The summed E-state index contributed by atoms with van der Waals surface area (Å²) < 4.78 is 8.90. The van der Waals surface area contributed by atoms with Crippen molar-refractivity contribution in [1.29, 1.82) is 0 Å². The monoisotopic (exact) mass is 445 g/mol. The molecule has 0 radical (unpaired) electrons. The largest absolute Gasteiger partial charge is 0.452 e. The Morgan fingerprint density at radius 1 is 1.03 bits per heavy atom. The van der Waals surface area contributed by atoms with Gasteiger partial charge in [0.05, 0.1) is 17.6 Å². The van der Waals surface area contributed by atoms with Crippen LogP contribution in [0.4, 0.5) is 5.69 Å². The second-order valence-electron chi connectivity index (χ2n) is 7.12. The number of carbonyl (C=O) groups is 1. The Bertz CT molecular complexity index is 1370. The molecule has 0 spiro atoms. The second-order valence-corrected chi connectivity index (χ2v) is 7.56. The Balaban J connectivity index is 1.54. The van der Waals surface area contributed by atoms with Crippen LogP contribution in [0.25, 0.3) is 11.8 Å². The molecular weight excluding hydrogens is 426 g/mol. The van der Waals surface area contributed by atoms with Gasteiger partial charge >= 0.3 is 0 Å². The first kappa shape index (κ1) is 21.3. The zero-order valence-corrected chi connectivity index (χ0v) is 18.3. The van der Waals surface area contributed by atoms with Crippen LogP contribution in [0.2, 0.25) is 5.02 Å². The summed E-state index contributed by atoms with van der Waals surface area (Å²) >= 11 is 5.87. The molecule has 2 aromatic heterocycles. The molecule has 0 bridgehead atoms. The quantitative estimate of drug-likeness (QED) is 0.227. The fraction of sp³-hybridized carbons (Fsp3) is 0.0800. The van der Waals surface area contributed by atoms with Gasteiger partial charge in [-0.25, -0.2) is 9.67 Å². The Morgan fingerprint density at radius 3 is 2.47 bits per heavy atom. The van der Waals surface area contributed by atoms with Crippen molar-refractivity contribution in [3.05, 3.63) is 111 Å². The van der Waals surface area contributed by atoms with Crippen LogP contribution in [0, 0.1) is 6.92 Å². The molecule has 7 heteroatoms. The summed E-state index contributed by atoms with van der Waals surface area (Å²) in [5, 5.41) is 0.632. The molecule has 0 atom stereocenters. The maximum atomic E-state index is 12.9. The van der Waals surface area contributed by atoms with Gasteiger partial charge in [0.25, 0.3) is 5.56 Å². The molecule has 4 rings (SSSR count). The Morgan fingerprint density at radius 2 is 1.75 bits per heavy atom. The molecular formula is C25H20ClN3O3. The van der Waals surface area contributed by atoms with Crippen LogP contribution in [0.15, 0.2) is 87.0 Å². The van der Waals surface area contributed by atoms with Crippen LogP contribution in [0.3, 0.4) is 0 Å². The lowest BCUT2D eigenvalue weighted by molar-refractivity contribution is 0.102. The number of aliphatic imine (C=N–C) groups is 1. The van der Waals surface area contributed by atoms with Crippen LogP contribution in [0.1, 0.15) is 27.6 Å². The van der Waals surface area contributed by atoms with Crippen molar-refractivity contribution >= 4 is 35.4 Å². The molecule has 0 amide bonds. The number of furan rings is 1. The lowest BCUT2D eigenvalue weighted by Gasteiger charge is -2.07. The predicted molar refractivity (Wildman–Crippen MR) is 127 cm³/mol. The van der Waals surface area contributed by atoms with Crippen molar-refractivity contribution in [2.45, 2.75) is 6.92 Å². The van der Waals surface area contributed by atoms with E-state index in [4.69, 9.17) is 16.0 Å². The summed E-state index contributed by atoms with van der Waals surface area (Å²) in [6, 6.07) is 19.7. The highest BCUT2D eigenvalue weighted by molar-refractivity contribution is 6.30. The van der Waals surface area contributed by atoms with E-state index in [1.165, 1.54) is 12.3 Å². The zero-order valence-electron chi connectivity index (χ0n) is 17.5. The fourth-order valence-electron chi connectivity index (χ4n) is 3.21. The molecule has 2 heterocycles. The molecule has 0 aliphatic carbocycles. The number of rotatable bonds is 6. The lowest BCUT2D eigenvalue weighted by Crippen LogP contribution is -2.19. The molecule has 0 saturated carbocycles. The maximum absolute atomic E-state index is 12.9. The van der Waals surface area contributed by atoms with Crippen molar-refractivity contribution in [3.63, 3.8) is 0 Å². The van der Waals surface area contributed by atoms with Gasteiger partial charge < -0.3 is 4.42 Å².